The molecular weight excluding hydrogens is 542 g/mol. The molecule has 1 N–H and O–H groups in total. The van der Waals surface area contributed by atoms with Gasteiger partial charge in [0, 0.05) is 25.7 Å². The largest absolute Gasteiger partial charge is 0.457 e. The van der Waals surface area contributed by atoms with Gasteiger partial charge < -0.3 is 28.5 Å². The van der Waals surface area contributed by atoms with E-state index in [0.717, 1.165) is 27.2 Å². The van der Waals surface area contributed by atoms with Crippen molar-refractivity contribution in [1.82, 2.24) is 4.90 Å². The number of nitrogens with zero attached hydrogens (tertiary/aromatic N) is 1. The molecule has 10 nitrogen and oxygen atoms in total. The molecule has 1 aliphatic rings. The summed E-state index contributed by atoms with van der Waals surface area (Å²) in [6.45, 7) is 3.47. The molecule has 0 unspecified atom stereocenters. The Labute approximate surface area is 245 Å². The molecule has 0 spiro atoms. The van der Waals surface area contributed by atoms with Crippen LogP contribution in [0.4, 0.5) is 4.79 Å². The Bertz CT molecular complexity index is 1340. The molecule has 2 amide bonds. The highest BCUT2D eigenvalue weighted by Gasteiger charge is 2.44. The van der Waals surface area contributed by atoms with Gasteiger partial charge in [-0.15, -0.1) is 0 Å². The average molecular weight is 580 g/mol. The second kappa shape index (κ2) is 15.4. The molecule has 224 valence electrons. The van der Waals surface area contributed by atoms with Gasteiger partial charge in [0.1, 0.15) is 12.4 Å². The van der Waals surface area contributed by atoms with Crippen LogP contribution in [0.1, 0.15) is 33.9 Å². The number of carbonyl (C=O) groups excluding carboxylic acids is 3. The van der Waals surface area contributed by atoms with Crippen LogP contribution in [0.2, 0.25) is 0 Å². The highest BCUT2D eigenvalue weighted by molar-refractivity contribution is 6.14. The van der Waals surface area contributed by atoms with Crippen molar-refractivity contribution in [2.45, 2.75) is 38.3 Å². The monoisotopic (exact) mass is 579 g/mol. The Morgan fingerprint density at radius 2 is 1.79 bits per heavy atom. The van der Waals surface area contributed by atoms with Crippen molar-refractivity contribution >= 4 is 17.8 Å². The first kappa shape index (κ1) is 31.1. The van der Waals surface area contributed by atoms with Gasteiger partial charge in [-0.3, -0.25) is 9.59 Å². The number of ether oxygens (including phenoxy) is 4. The smallest absolute Gasteiger partial charge is 0.417 e. The number of hydrogen-bond acceptors (Lipinski definition) is 9. The van der Waals surface area contributed by atoms with E-state index in [1.54, 1.807) is 6.07 Å². The number of cyclic esters (lactones) is 1. The van der Waals surface area contributed by atoms with E-state index in [4.69, 9.17) is 28.5 Å². The van der Waals surface area contributed by atoms with Crippen molar-refractivity contribution in [2.75, 3.05) is 46.8 Å². The zero-order chi connectivity index (χ0) is 29.9. The Morgan fingerprint density at radius 1 is 1.02 bits per heavy atom. The van der Waals surface area contributed by atoms with Crippen LogP contribution in [-0.4, -0.2) is 86.7 Å². The van der Waals surface area contributed by atoms with Gasteiger partial charge >= 0.3 is 6.09 Å². The number of aliphatic hydroxyl groups excluding tert-OH is 1. The van der Waals surface area contributed by atoms with Crippen molar-refractivity contribution in [3.63, 3.8) is 0 Å². The fraction of sp³-hybridized carbons (Fsp3) is 0.406. The van der Waals surface area contributed by atoms with E-state index in [2.05, 4.69) is 0 Å². The van der Waals surface area contributed by atoms with Crippen LogP contribution < -0.4 is 0 Å². The molecule has 10 heteroatoms. The van der Waals surface area contributed by atoms with Gasteiger partial charge in [-0.2, -0.15) is 0 Å². The number of amides is 2. The summed E-state index contributed by atoms with van der Waals surface area (Å²) in [6, 6.07) is 18.3. The summed E-state index contributed by atoms with van der Waals surface area (Å²) in [5, 5.41) is 8.77. The molecule has 2 aromatic carbocycles. The van der Waals surface area contributed by atoms with Crippen molar-refractivity contribution in [3.05, 3.63) is 83.3 Å². The van der Waals surface area contributed by atoms with E-state index >= 15 is 0 Å². The van der Waals surface area contributed by atoms with Crippen LogP contribution in [0.3, 0.4) is 0 Å². The third-order valence-electron chi connectivity index (χ3n) is 6.89. The van der Waals surface area contributed by atoms with Crippen LogP contribution in [0.5, 0.6) is 0 Å². The van der Waals surface area contributed by atoms with Gasteiger partial charge in [0.2, 0.25) is 11.9 Å². The summed E-state index contributed by atoms with van der Waals surface area (Å²) in [5.74, 6) is -0.933. The Morgan fingerprint density at radius 3 is 2.50 bits per heavy atom. The summed E-state index contributed by atoms with van der Waals surface area (Å²) >= 11 is 0. The molecule has 2 atom stereocenters. The van der Waals surface area contributed by atoms with E-state index in [0.29, 0.717) is 44.8 Å². The lowest BCUT2D eigenvalue weighted by atomic mass is 10.0. The lowest BCUT2D eigenvalue weighted by molar-refractivity contribution is -0.137. The molecule has 0 aliphatic carbocycles. The zero-order valence-electron chi connectivity index (χ0n) is 24.0. The minimum absolute atomic E-state index is 0.0299. The van der Waals surface area contributed by atoms with Crippen LogP contribution in [0, 0.1) is 6.92 Å². The third-order valence-corrected chi connectivity index (χ3v) is 6.89. The molecule has 42 heavy (non-hydrogen) atoms. The molecule has 0 bridgehead atoms. The predicted molar refractivity (Wildman–Crippen MR) is 153 cm³/mol. The summed E-state index contributed by atoms with van der Waals surface area (Å²) in [5.41, 5.74) is 3.58. The first-order valence-electron chi connectivity index (χ1n) is 14.0. The Kier molecular flexibility index (Phi) is 11.4. The van der Waals surface area contributed by atoms with Crippen LogP contribution in [0.25, 0.3) is 11.1 Å². The standard InChI is InChI=1S/C32H37NO9/c1-22-8-6-11-24(18-22)26-20-28(42-27(26)12-7-14-39-16-17-40-15-13-34)29(35)30(38-2)31(36)33-25(21-41-32(33)37)19-23-9-4-3-5-10-23/h3-6,8-11,18,20,25,30,34H,7,12-17,19,21H2,1-2H3/t25-,30-/m0/s1. The highest BCUT2D eigenvalue weighted by atomic mass is 16.6. The number of carbonyl (C=O) groups is 3. The number of ketones is 1. The molecule has 0 saturated carbocycles. The van der Waals surface area contributed by atoms with Gasteiger partial charge in [-0.05, 0) is 37.0 Å². The molecule has 1 fully saturated rings. The summed E-state index contributed by atoms with van der Waals surface area (Å²) in [7, 11) is 1.25. The molecule has 1 saturated heterocycles. The second-order valence-electron chi connectivity index (χ2n) is 9.98. The number of benzene rings is 2. The number of hydrogen-bond donors (Lipinski definition) is 1. The van der Waals surface area contributed by atoms with Gasteiger partial charge in [0.15, 0.2) is 5.76 Å². The Hall–Kier alpha value is -3.83. The van der Waals surface area contributed by atoms with E-state index < -0.39 is 29.9 Å². The predicted octanol–water partition coefficient (Wildman–Crippen LogP) is 4.00. The number of furan rings is 1. The average Bonchev–Trinajstić information content (AvgIpc) is 3.58. The first-order valence-corrected chi connectivity index (χ1v) is 14.0. The zero-order valence-corrected chi connectivity index (χ0v) is 24.0. The number of aryl methyl sites for hydroxylation is 2. The number of Topliss-reactive ketones (excluding diaryl/α,β-unsaturated/α-hetero) is 1. The normalized spacial score (nSPS) is 15.5. The lowest BCUT2D eigenvalue weighted by Gasteiger charge is -2.23. The van der Waals surface area contributed by atoms with Crippen molar-refractivity contribution in [1.29, 1.82) is 0 Å². The number of aliphatic hydroxyl groups is 1. The molecule has 3 aromatic rings. The van der Waals surface area contributed by atoms with Crippen LogP contribution in [-0.2, 0) is 36.6 Å². The molecule has 1 aliphatic heterocycles. The van der Waals surface area contributed by atoms with E-state index in [9.17, 15) is 14.4 Å². The van der Waals surface area contributed by atoms with E-state index in [-0.39, 0.29) is 25.6 Å². The quantitative estimate of drug-likeness (QED) is 0.152. The molecule has 0 radical (unpaired) electrons. The first-order chi connectivity index (χ1) is 20.4. The molecule has 1 aromatic heterocycles. The maximum absolute atomic E-state index is 13.6. The van der Waals surface area contributed by atoms with E-state index in [1.165, 1.54) is 7.11 Å². The maximum atomic E-state index is 13.6. The van der Waals surface area contributed by atoms with Crippen molar-refractivity contribution < 1.29 is 42.9 Å². The molecule has 2 heterocycles. The van der Waals surface area contributed by atoms with Gasteiger partial charge in [-0.25, -0.2) is 9.69 Å². The second-order valence-corrected chi connectivity index (χ2v) is 9.98. The summed E-state index contributed by atoms with van der Waals surface area (Å²) in [4.78, 5) is 40.7. The van der Waals surface area contributed by atoms with Gasteiger partial charge in [-0.1, -0.05) is 60.2 Å². The fourth-order valence-corrected chi connectivity index (χ4v) is 4.86. The number of imide groups is 1. The summed E-state index contributed by atoms with van der Waals surface area (Å²) < 4.78 is 27.4. The number of methoxy groups -OCH3 is 1. The lowest BCUT2D eigenvalue weighted by Crippen LogP contribution is -2.48. The Balaban J connectivity index is 1.50. The maximum Gasteiger partial charge on any atom is 0.417 e. The fourth-order valence-electron chi connectivity index (χ4n) is 4.86. The van der Waals surface area contributed by atoms with Crippen molar-refractivity contribution in [3.8, 4) is 11.1 Å². The summed E-state index contributed by atoms with van der Waals surface area (Å²) in [6.07, 6.45) is -0.898. The van der Waals surface area contributed by atoms with Gasteiger partial charge in [0.25, 0.3) is 5.91 Å². The van der Waals surface area contributed by atoms with E-state index in [1.807, 2.05) is 61.5 Å². The van der Waals surface area contributed by atoms with Crippen LogP contribution >= 0.6 is 0 Å². The minimum Gasteiger partial charge on any atom is -0.457 e. The minimum atomic E-state index is -1.58. The SMILES string of the molecule is CO[C@@H](C(=O)c1cc(-c2cccc(C)c2)c(CCCOCCOCCO)o1)C(=O)N1C(=O)OC[C@@H]1Cc1ccccc1. The highest BCUT2D eigenvalue weighted by Crippen LogP contribution is 2.30. The van der Waals surface area contributed by atoms with Crippen LogP contribution in [0.15, 0.2) is 65.1 Å². The topological polar surface area (TPSA) is 125 Å². The van der Waals surface area contributed by atoms with Crippen molar-refractivity contribution in [2.24, 2.45) is 0 Å². The number of rotatable bonds is 16. The molecular formula is C32H37NO9. The molecule has 4 rings (SSSR count). The van der Waals surface area contributed by atoms with Gasteiger partial charge in [0.05, 0.1) is 32.5 Å². The third kappa shape index (κ3) is 7.92.